The van der Waals surface area contributed by atoms with Crippen molar-refractivity contribution in [2.45, 2.75) is 30.2 Å². The Balaban J connectivity index is 1.44. The van der Waals surface area contributed by atoms with Crippen LogP contribution in [0.25, 0.3) is 5.69 Å². The summed E-state index contributed by atoms with van der Waals surface area (Å²) < 4.78 is 7.32. The predicted octanol–water partition coefficient (Wildman–Crippen LogP) is 4.22. The smallest absolute Gasteiger partial charge is 0.262 e. The van der Waals surface area contributed by atoms with E-state index in [0.29, 0.717) is 27.2 Å². The molecule has 1 amide bonds. The number of hydrogen-bond acceptors (Lipinski definition) is 7. The maximum Gasteiger partial charge on any atom is 0.262 e. The van der Waals surface area contributed by atoms with E-state index in [1.54, 1.807) is 18.2 Å². The van der Waals surface area contributed by atoms with Gasteiger partial charge < -0.3 is 15.0 Å². The monoisotopic (exact) mass is 483 g/mol. The van der Waals surface area contributed by atoms with Gasteiger partial charge >= 0.3 is 0 Å². The number of amides is 1. The molecule has 10 heteroatoms. The summed E-state index contributed by atoms with van der Waals surface area (Å²) in [4.78, 5) is 27.1. The summed E-state index contributed by atoms with van der Waals surface area (Å²) in [7, 11) is 0. The van der Waals surface area contributed by atoms with Crippen molar-refractivity contribution in [1.29, 1.82) is 0 Å². The molecular weight excluding hydrogens is 462 g/mol. The Morgan fingerprint density at radius 1 is 1.18 bits per heavy atom. The van der Waals surface area contributed by atoms with Crippen LogP contribution in [0.2, 0.25) is 5.02 Å². The van der Waals surface area contributed by atoms with Gasteiger partial charge in [0.25, 0.3) is 5.91 Å². The van der Waals surface area contributed by atoms with E-state index < -0.39 is 5.25 Å². The van der Waals surface area contributed by atoms with Crippen LogP contribution in [-0.4, -0.2) is 51.4 Å². The van der Waals surface area contributed by atoms with Crippen molar-refractivity contribution < 1.29 is 14.3 Å². The number of hydrogen-bond donors (Lipinski definition) is 1. The molecule has 2 aliphatic heterocycles. The Morgan fingerprint density at radius 3 is 2.76 bits per heavy atom. The first-order valence-electron chi connectivity index (χ1n) is 10.7. The molecule has 5 rings (SSSR count). The molecule has 1 saturated heterocycles. The minimum Gasteiger partial charge on any atom is -0.482 e. The van der Waals surface area contributed by atoms with E-state index in [-0.39, 0.29) is 18.3 Å². The SMILES string of the molecule is CC(Sc1nnc(N2CCCC2)n1-c1ccccc1Cl)C(=O)c1ccc2c(c1)NC(=O)CO2. The lowest BCUT2D eigenvalue weighted by Gasteiger charge is -2.20. The van der Waals surface area contributed by atoms with E-state index in [1.807, 2.05) is 35.8 Å². The zero-order valence-corrected chi connectivity index (χ0v) is 19.5. The molecule has 0 spiro atoms. The van der Waals surface area contributed by atoms with Gasteiger partial charge in [0.05, 0.1) is 21.6 Å². The van der Waals surface area contributed by atoms with Gasteiger partial charge in [-0.05, 0) is 50.1 Å². The van der Waals surface area contributed by atoms with Gasteiger partial charge in [0, 0.05) is 18.7 Å². The van der Waals surface area contributed by atoms with Crippen LogP contribution in [0.5, 0.6) is 5.75 Å². The molecule has 8 nitrogen and oxygen atoms in total. The summed E-state index contributed by atoms with van der Waals surface area (Å²) in [5.74, 6) is 0.965. The number of ketones is 1. The Labute approximate surface area is 200 Å². The van der Waals surface area contributed by atoms with Crippen molar-refractivity contribution in [1.82, 2.24) is 14.8 Å². The van der Waals surface area contributed by atoms with Crippen molar-refractivity contribution in [2.24, 2.45) is 0 Å². The van der Waals surface area contributed by atoms with Gasteiger partial charge in [-0.25, -0.2) is 0 Å². The second-order valence-corrected chi connectivity index (χ2v) is 9.65. The van der Waals surface area contributed by atoms with Crippen LogP contribution in [0.3, 0.4) is 0 Å². The summed E-state index contributed by atoms with van der Waals surface area (Å²) in [6, 6.07) is 12.6. The highest BCUT2D eigenvalue weighted by Gasteiger charge is 2.27. The molecule has 1 atom stereocenters. The number of rotatable bonds is 6. The number of carbonyl (C=O) groups excluding carboxylic acids is 2. The third-order valence-corrected chi connectivity index (χ3v) is 7.01. The van der Waals surface area contributed by atoms with E-state index in [1.165, 1.54) is 11.8 Å². The largest absolute Gasteiger partial charge is 0.482 e. The second-order valence-electron chi connectivity index (χ2n) is 7.94. The minimum absolute atomic E-state index is 0.0242. The van der Waals surface area contributed by atoms with Gasteiger partial charge in [-0.3, -0.25) is 14.2 Å². The fourth-order valence-electron chi connectivity index (χ4n) is 3.99. The van der Waals surface area contributed by atoms with E-state index in [9.17, 15) is 9.59 Å². The van der Waals surface area contributed by atoms with E-state index >= 15 is 0 Å². The summed E-state index contributed by atoms with van der Waals surface area (Å²) in [5.41, 5.74) is 1.77. The minimum atomic E-state index is -0.444. The average molecular weight is 484 g/mol. The second kappa shape index (κ2) is 9.07. The highest BCUT2D eigenvalue weighted by Crippen LogP contribution is 2.35. The fourth-order valence-corrected chi connectivity index (χ4v) is 5.14. The summed E-state index contributed by atoms with van der Waals surface area (Å²) in [6.07, 6.45) is 2.21. The van der Waals surface area contributed by atoms with Crippen LogP contribution in [0.15, 0.2) is 47.6 Å². The van der Waals surface area contributed by atoms with E-state index in [2.05, 4.69) is 20.4 Å². The molecule has 33 heavy (non-hydrogen) atoms. The van der Waals surface area contributed by atoms with Crippen LogP contribution in [0.4, 0.5) is 11.6 Å². The average Bonchev–Trinajstić information content (AvgIpc) is 3.48. The van der Waals surface area contributed by atoms with Crippen LogP contribution < -0.4 is 15.0 Å². The summed E-state index contributed by atoms with van der Waals surface area (Å²) >= 11 is 7.85. The molecule has 2 aliphatic rings. The number of aromatic nitrogens is 3. The molecule has 0 bridgehead atoms. The van der Waals surface area contributed by atoms with Crippen LogP contribution in [0.1, 0.15) is 30.1 Å². The first-order chi connectivity index (χ1) is 16.0. The van der Waals surface area contributed by atoms with Crippen LogP contribution in [0, 0.1) is 0 Å². The number of halogens is 1. The molecule has 0 saturated carbocycles. The van der Waals surface area contributed by atoms with E-state index in [4.69, 9.17) is 16.3 Å². The number of ether oxygens (including phenoxy) is 1. The number of carbonyl (C=O) groups is 2. The van der Waals surface area contributed by atoms with Crippen molar-refractivity contribution >= 4 is 46.7 Å². The summed E-state index contributed by atoms with van der Waals surface area (Å²) in [5, 5.41) is 12.4. The topological polar surface area (TPSA) is 89.4 Å². The standard InChI is InChI=1S/C23H22ClN5O3S/c1-14(21(31)15-8-9-19-17(12-15)25-20(30)13-32-19)33-23-27-26-22(28-10-4-5-11-28)29(23)18-7-3-2-6-16(18)24/h2-3,6-9,12,14H,4-5,10-11,13H2,1H3,(H,25,30). The van der Waals surface area contributed by atoms with Crippen molar-refractivity contribution in [3.8, 4) is 11.4 Å². The fraction of sp³-hybridized carbons (Fsp3) is 0.304. The van der Waals surface area contributed by atoms with Gasteiger partial charge in [-0.2, -0.15) is 0 Å². The third kappa shape index (κ3) is 4.30. The van der Waals surface area contributed by atoms with Crippen molar-refractivity contribution in [3.63, 3.8) is 0 Å². The molecule has 1 aromatic heterocycles. The number of nitrogens with one attached hydrogen (secondary N) is 1. The zero-order valence-electron chi connectivity index (χ0n) is 18.0. The molecule has 0 radical (unpaired) electrons. The molecule has 170 valence electrons. The lowest BCUT2D eigenvalue weighted by Crippen LogP contribution is -2.26. The summed E-state index contributed by atoms with van der Waals surface area (Å²) in [6.45, 7) is 3.63. The maximum atomic E-state index is 13.2. The maximum absolute atomic E-state index is 13.2. The first-order valence-corrected chi connectivity index (χ1v) is 12.0. The number of para-hydroxylation sites is 1. The molecule has 3 aromatic rings. The van der Waals surface area contributed by atoms with Gasteiger partial charge in [0.2, 0.25) is 5.95 Å². The number of thioether (sulfide) groups is 1. The van der Waals surface area contributed by atoms with Gasteiger partial charge in [0.1, 0.15) is 5.75 Å². The Hall–Kier alpha value is -3.04. The zero-order chi connectivity index (χ0) is 22.9. The number of benzene rings is 2. The predicted molar refractivity (Wildman–Crippen MR) is 128 cm³/mol. The van der Waals surface area contributed by atoms with Crippen LogP contribution in [-0.2, 0) is 4.79 Å². The quantitative estimate of drug-likeness (QED) is 0.415. The Kier molecular flexibility index (Phi) is 5.99. The van der Waals surface area contributed by atoms with Crippen molar-refractivity contribution in [3.05, 3.63) is 53.1 Å². The molecule has 1 fully saturated rings. The van der Waals surface area contributed by atoms with Crippen molar-refractivity contribution in [2.75, 3.05) is 29.9 Å². The van der Waals surface area contributed by atoms with Gasteiger partial charge in [-0.1, -0.05) is 35.5 Å². The lowest BCUT2D eigenvalue weighted by molar-refractivity contribution is -0.118. The molecule has 3 heterocycles. The number of anilines is 2. The number of Topliss-reactive ketones (excluding diaryl/α,β-unsaturated/α-hetero) is 1. The molecule has 0 aliphatic carbocycles. The molecule has 1 N–H and O–H groups in total. The lowest BCUT2D eigenvalue weighted by atomic mass is 10.1. The van der Waals surface area contributed by atoms with Gasteiger partial charge in [-0.15, -0.1) is 10.2 Å². The highest BCUT2D eigenvalue weighted by molar-refractivity contribution is 8.00. The third-order valence-electron chi connectivity index (χ3n) is 5.65. The Bertz CT molecular complexity index is 1220. The van der Waals surface area contributed by atoms with Crippen LogP contribution >= 0.6 is 23.4 Å². The number of nitrogens with zero attached hydrogens (tertiary/aromatic N) is 4. The Morgan fingerprint density at radius 2 is 1.97 bits per heavy atom. The highest BCUT2D eigenvalue weighted by atomic mass is 35.5. The van der Waals surface area contributed by atoms with E-state index in [0.717, 1.165) is 37.6 Å². The molecular formula is C23H22ClN5O3S. The van der Waals surface area contributed by atoms with Gasteiger partial charge in [0.15, 0.2) is 17.5 Å². The molecule has 1 unspecified atom stereocenters. The number of fused-ring (bicyclic) bond motifs is 1. The normalized spacial score (nSPS) is 16.2. The first kappa shape index (κ1) is 21.8. The molecule has 2 aromatic carbocycles.